The van der Waals surface area contributed by atoms with Crippen LogP contribution in [-0.2, 0) is 13.0 Å². The number of aromatic amines is 1. The molecule has 42 heavy (non-hydrogen) atoms. The molecule has 1 aliphatic rings. The summed E-state index contributed by atoms with van der Waals surface area (Å²) in [6.45, 7) is 1.71. The maximum Gasteiger partial charge on any atom is 0.416 e. The number of amides is 1. The molecule has 5 aromatic rings. The van der Waals surface area contributed by atoms with Gasteiger partial charge in [0.1, 0.15) is 24.4 Å². The SMILES string of the molecule is COc1ccc(C2c3[nH]c4ccc(Cl)cc4c3CCN2C(=O)Oc2ccc(Cl)cc2)cc1OCCCCn1cncn1. The minimum absolute atomic E-state index is 0.419. The van der Waals surface area contributed by atoms with Gasteiger partial charge in [0.25, 0.3) is 0 Å². The fourth-order valence-electron chi connectivity index (χ4n) is 5.35. The molecule has 0 saturated heterocycles. The van der Waals surface area contributed by atoms with Crippen LogP contribution >= 0.6 is 23.2 Å². The van der Waals surface area contributed by atoms with E-state index in [1.807, 2.05) is 36.4 Å². The number of unbranched alkanes of at least 4 members (excludes halogenated alkanes) is 1. The van der Waals surface area contributed by atoms with Crippen LogP contribution in [-0.4, -0.2) is 51.0 Å². The second kappa shape index (κ2) is 12.3. The van der Waals surface area contributed by atoms with Gasteiger partial charge in [0.05, 0.1) is 13.7 Å². The van der Waals surface area contributed by atoms with Crippen molar-refractivity contribution >= 4 is 40.2 Å². The summed E-state index contributed by atoms with van der Waals surface area (Å²) in [5.74, 6) is 1.64. The molecule has 0 spiro atoms. The Morgan fingerprint density at radius 2 is 1.86 bits per heavy atom. The molecular formula is C31H29Cl2N5O4. The number of rotatable bonds is 9. The summed E-state index contributed by atoms with van der Waals surface area (Å²) in [7, 11) is 1.61. The third kappa shape index (κ3) is 5.89. The van der Waals surface area contributed by atoms with Gasteiger partial charge in [-0.2, -0.15) is 5.10 Å². The van der Waals surface area contributed by atoms with Crippen LogP contribution in [0, 0.1) is 0 Å². The highest BCUT2D eigenvalue weighted by atomic mass is 35.5. The maximum absolute atomic E-state index is 13.6. The molecule has 3 heterocycles. The molecule has 1 atom stereocenters. The third-order valence-electron chi connectivity index (χ3n) is 7.35. The Labute approximate surface area is 252 Å². The fraction of sp³-hybridized carbons (Fsp3) is 0.258. The molecule has 0 saturated carbocycles. The van der Waals surface area contributed by atoms with Gasteiger partial charge in [-0.25, -0.2) is 9.78 Å². The Morgan fingerprint density at radius 3 is 2.64 bits per heavy atom. The molecule has 3 aromatic carbocycles. The van der Waals surface area contributed by atoms with Crippen molar-refractivity contribution in [2.75, 3.05) is 20.3 Å². The molecule has 6 rings (SSSR count). The number of hydrogen-bond acceptors (Lipinski definition) is 6. The zero-order chi connectivity index (χ0) is 29.1. The van der Waals surface area contributed by atoms with Crippen molar-refractivity contribution in [1.29, 1.82) is 0 Å². The van der Waals surface area contributed by atoms with Gasteiger partial charge in [0, 0.05) is 39.7 Å². The largest absolute Gasteiger partial charge is 0.493 e. The number of benzene rings is 3. The zero-order valence-corrected chi connectivity index (χ0v) is 24.4. The molecular weight excluding hydrogens is 577 g/mol. The van der Waals surface area contributed by atoms with Gasteiger partial charge in [-0.05, 0) is 85.0 Å². The van der Waals surface area contributed by atoms with Crippen molar-refractivity contribution < 1.29 is 19.0 Å². The van der Waals surface area contributed by atoms with E-state index < -0.39 is 12.1 Å². The van der Waals surface area contributed by atoms with E-state index in [0.717, 1.165) is 47.1 Å². The third-order valence-corrected chi connectivity index (χ3v) is 7.84. The number of ether oxygens (including phenoxy) is 3. The number of carbonyl (C=O) groups is 1. The number of hydrogen-bond donors (Lipinski definition) is 1. The van der Waals surface area contributed by atoms with Gasteiger partial charge in [0.15, 0.2) is 11.5 Å². The average molecular weight is 607 g/mol. The lowest BCUT2D eigenvalue weighted by Crippen LogP contribution is -2.42. The zero-order valence-electron chi connectivity index (χ0n) is 22.9. The van der Waals surface area contributed by atoms with Crippen molar-refractivity contribution in [3.8, 4) is 17.2 Å². The number of fused-ring (bicyclic) bond motifs is 3. The first kappa shape index (κ1) is 27.9. The van der Waals surface area contributed by atoms with Crippen LogP contribution < -0.4 is 14.2 Å². The van der Waals surface area contributed by atoms with Crippen LogP contribution in [0.3, 0.4) is 0 Å². The summed E-state index contributed by atoms with van der Waals surface area (Å²) in [5, 5.41) is 6.41. The standard InChI is InChI=1S/C31H29Cl2N5O4/c1-40-27-11-4-20(16-28(27)41-15-3-2-13-37-19-34-18-35-37)30-29-24(25-17-22(33)7-10-26(25)36-29)12-14-38(30)31(39)42-23-8-5-21(32)6-9-23/h4-11,16-19,30,36H,2-3,12-15H2,1H3. The number of aromatic nitrogens is 4. The molecule has 216 valence electrons. The Balaban J connectivity index is 1.31. The van der Waals surface area contributed by atoms with Crippen LogP contribution in [0.1, 0.15) is 35.7 Å². The summed E-state index contributed by atoms with van der Waals surface area (Å²) in [4.78, 5) is 22.9. The van der Waals surface area contributed by atoms with E-state index in [0.29, 0.717) is 46.9 Å². The summed E-state index contributed by atoms with van der Waals surface area (Å²) in [6.07, 6.45) is 5.12. The van der Waals surface area contributed by atoms with E-state index in [1.165, 1.54) is 6.33 Å². The van der Waals surface area contributed by atoms with Crippen molar-refractivity contribution in [2.45, 2.75) is 31.8 Å². The van der Waals surface area contributed by atoms with E-state index in [4.69, 9.17) is 37.4 Å². The van der Waals surface area contributed by atoms with E-state index in [9.17, 15) is 4.79 Å². The van der Waals surface area contributed by atoms with Crippen LogP contribution in [0.15, 0.2) is 73.3 Å². The second-order valence-corrected chi connectivity index (χ2v) is 10.9. The van der Waals surface area contributed by atoms with Gasteiger partial charge in [-0.3, -0.25) is 9.58 Å². The minimum atomic E-state index is -0.462. The number of H-pyrrole nitrogens is 1. The number of carbonyl (C=O) groups excluding carboxylic acids is 1. The van der Waals surface area contributed by atoms with Crippen LogP contribution in [0.25, 0.3) is 10.9 Å². The van der Waals surface area contributed by atoms with Crippen molar-refractivity contribution in [1.82, 2.24) is 24.6 Å². The Hall–Kier alpha value is -4.21. The highest BCUT2D eigenvalue weighted by Gasteiger charge is 2.36. The van der Waals surface area contributed by atoms with Crippen molar-refractivity contribution in [3.63, 3.8) is 0 Å². The first-order chi connectivity index (χ1) is 20.5. The second-order valence-electron chi connectivity index (χ2n) is 10.00. The summed E-state index contributed by atoms with van der Waals surface area (Å²) in [6, 6.07) is 17.8. The van der Waals surface area contributed by atoms with E-state index >= 15 is 0 Å². The molecule has 1 amide bonds. The van der Waals surface area contributed by atoms with Crippen LogP contribution in [0.2, 0.25) is 10.0 Å². The van der Waals surface area contributed by atoms with Gasteiger partial charge in [0.2, 0.25) is 0 Å². The lowest BCUT2D eigenvalue weighted by atomic mass is 9.92. The molecule has 0 fully saturated rings. The molecule has 1 unspecified atom stereocenters. The molecule has 11 heteroatoms. The Morgan fingerprint density at radius 1 is 1.02 bits per heavy atom. The molecule has 0 bridgehead atoms. The number of methoxy groups -OCH3 is 1. The van der Waals surface area contributed by atoms with Crippen molar-refractivity contribution in [3.05, 3.63) is 100 Å². The molecule has 2 aromatic heterocycles. The van der Waals surface area contributed by atoms with E-state index in [2.05, 4.69) is 15.1 Å². The normalized spacial score (nSPS) is 14.5. The lowest BCUT2D eigenvalue weighted by Gasteiger charge is -2.35. The van der Waals surface area contributed by atoms with Gasteiger partial charge < -0.3 is 19.2 Å². The predicted octanol–water partition coefficient (Wildman–Crippen LogP) is 7.08. The number of aryl methyl sites for hydroxylation is 1. The number of halogens is 2. The predicted molar refractivity (Wildman–Crippen MR) is 161 cm³/mol. The van der Waals surface area contributed by atoms with E-state index in [1.54, 1.807) is 47.3 Å². The highest BCUT2D eigenvalue weighted by Crippen LogP contribution is 2.42. The molecule has 1 N–H and O–H groups in total. The summed E-state index contributed by atoms with van der Waals surface area (Å²) in [5.41, 5.74) is 3.86. The quantitative estimate of drug-likeness (QED) is 0.180. The van der Waals surface area contributed by atoms with E-state index in [-0.39, 0.29) is 0 Å². The Bertz CT molecular complexity index is 1690. The summed E-state index contributed by atoms with van der Waals surface area (Å²) < 4.78 is 19.4. The lowest BCUT2D eigenvalue weighted by molar-refractivity contribution is 0.135. The van der Waals surface area contributed by atoms with Crippen LogP contribution in [0.5, 0.6) is 17.2 Å². The highest BCUT2D eigenvalue weighted by molar-refractivity contribution is 6.31. The number of nitrogens with one attached hydrogen (secondary N) is 1. The number of nitrogens with zero attached hydrogens (tertiary/aromatic N) is 4. The average Bonchev–Trinajstić information content (AvgIpc) is 3.65. The van der Waals surface area contributed by atoms with Gasteiger partial charge >= 0.3 is 6.09 Å². The topological polar surface area (TPSA) is 94.5 Å². The first-order valence-electron chi connectivity index (χ1n) is 13.7. The first-order valence-corrected chi connectivity index (χ1v) is 14.4. The molecule has 1 aliphatic heterocycles. The van der Waals surface area contributed by atoms with Crippen LogP contribution in [0.4, 0.5) is 4.79 Å². The molecule has 0 aliphatic carbocycles. The summed E-state index contributed by atoms with van der Waals surface area (Å²) >= 11 is 12.4. The maximum atomic E-state index is 13.6. The molecule has 0 radical (unpaired) electrons. The Kier molecular flexibility index (Phi) is 8.21. The van der Waals surface area contributed by atoms with Gasteiger partial charge in [-0.1, -0.05) is 29.3 Å². The monoisotopic (exact) mass is 605 g/mol. The van der Waals surface area contributed by atoms with Crippen molar-refractivity contribution in [2.24, 2.45) is 0 Å². The van der Waals surface area contributed by atoms with Gasteiger partial charge in [-0.15, -0.1) is 0 Å². The smallest absolute Gasteiger partial charge is 0.416 e. The molecule has 9 nitrogen and oxygen atoms in total. The minimum Gasteiger partial charge on any atom is -0.493 e. The fourth-order valence-corrected chi connectivity index (χ4v) is 5.65.